The lowest BCUT2D eigenvalue weighted by Crippen LogP contribution is -2.59. The smallest absolute Gasteiger partial charge is 0.326 e. The van der Waals surface area contributed by atoms with E-state index < -0.39 is 108 Å². The molecule has 0 fully saturated rings. The van der Waals surface area contributed by atoms with Crippen molar-refractivity contribution < 1.29 is 63.2 Å². The van der Waals surface area contributed by atoms with Crippen molar-refractivity contribution in [2.24, 2.45) is 22.4 Å². The number of carbonyl (C=O) groups is 9. The third-order valence-corrected chi connectivity index (χ3v) is 12.9. The van der Waals surface area contributed by atoms with Gasteiger partial charge in [0.15, 0.2) is 5.96 Å². The Labute approximate surface area is 462 Å². The number of phenols is 1. The maximum Gasteiger partial charge on any atom is 0.326 e. The van der Waals surface area contributed by atoms with Crippen LogP contribution in [0.5, 0.6) is 11.5 Å². The summed E-state index contributed by atoms with van der Waals surface area (Å²) < 4.78 is 5.21. The molecular weight excluding hydrogens is 1050 g/mol. The van der Waals surface area contributed by atoms with Gasteiger partial charge in [-0.1, -0.05) is 80.2 Å². The van der Waals surface area contributed by atoms with Crippen LogP contribution in [-0.2, 0) is 56.0 Å². The number of nitrogens with one attached hydrogen (secondary N) is 8. The van der Waals surface area contributed by atoms with Crippen molar-refractivity contribution in [3.05, 3.63) is 95.6 Å². The molecule has 0 spiro atoms. The van der Waals surface area contributed by atoms with Crippen LogP contribution in [0.1, 0.15) is 69.2 Å². The molecule has 426 valence electrons. The Morgan fingerprint density at radius 1 is 0.679 bits per heavy atom. The van der Waals surface area contributed by atoms with Crippen molar-refractivity contribution >= 4 is 82.8 Å². The summed E-state index contributed by atoms with van der Waals surface area (Å²) in [5.74, 6) is -6.04. The number of nitrogens with zero attached hydrogens (tertiary/aromatic N) is 1. The number of thiol groups is 1. The number of rotatable bonds is 34. The average Bonchev–Trinajstić information content (AvgIpc) is 3.41. The number of hydrogen-bond donors (Lipinski definition) is 14. The number of carboxylic acids is 1. The number of guanidine groups is 1. The van der Waals surface area contributed by atoms with Crippen molar-refractivity contribution in [3.63, 3.8) is 0 Å². The van der Waals surface area contributed by atoms with Crippen LogP contribution in [0.15, 0.2) is 83.9 Å². The standard InChI is InChI=1S/C52H73N11O13S2/c1-30(2)23-40(51(74)75)59-43(66)20-22-78-45(68)27-57-47(70)38(24-32-9-6-5-7-10-32)62-48(71)37(11-8-21-55-52(53)54)61-49(72)39(25-33-12-16-35(65)17-13-33)63-50(73)41(28-64)60-44(67)26-56-46(69)31(3)58-42(29-77)34-14-18-36(76-4)19-15-34/h5-7,9-10,12-19,30-31,37-42,58,64-65,77H,8,11,20-29H2,1-4H3,(H,56,69)(H,57,70)(H,59,66)(H,60,67)(H,61,72)(H,62,71)(H,63,73)(H,74,75)(H4,53,54,55)/t31-,37-,38-,39-,40-,41-,42?/m0/s1. The van der Waals surface area contributed by atoms with Crippen LogP contribution in [0.4, 0.5) is 0 Å². The molecule has 78 heavy (non-hydrogen) atoms. The Morgan fingerprint density at radius 3 is 1.82 bits per heavy atom. The topological polar surface area (TPSA) is 384 Å². The Balaban J connectivity index is 1.76. The number of aliphatic hydroxyl groups excluding tert-OH is 1. The number of benzene rings is 3. The molecule has 0 saturated heterocycles. The number of aliphatic imine (C=N–C) groups is 1. The normalized spacial score (nSPS) is 13.6. The number of phenolic OH excluding ortho intramolecular Hbond substituents is 1. The van der Waals surface area contributed by atoms with Crippen molar-refractivity contribution in [2.75, 3.05) is 44.9 Å². The minimum Gasteiger partial charge on any atom is -0.508 e. The van der Waals surface area contributed by atoms with E-state index in [1.807, 2.05) is 26.0 Å². The number of aromatic hydroxyl groups is 1. The predicted molar refractivity (Wildman–Crippen MR) is 296 cm³/mol. The molecule has 0 aliphatic carbocycles. The highest BCUT2D eigenvalue weighted by atomic mass is 32.2. The molecule has 0 aliphatic heterocycles. The number of aliphatic hydroxyl groups is 1. The number of aliphatic carboxylic acids is 1. The summed E-state index contributed by atoms with van der Waals surface area (Å²) in [5.41, 5.74) is 12.9. The number of nitrogens with two attached hydrogens (primary N) is 2. The fourth-order valence-electron chi connectivity index (χ4n) is 7.50. The summed E-state index contributed by atoms with van der Waals surface area (Å²) in [5, 5.41) is 49.9. The molecule has 3 aromatic rings. The predicted octanol–water partition coefficient (Wildman–Crippen LogP) is -0.682. The van der Waals surface area contributed by atoms with Crippen LogP contribution in [0.25, 0.3) is 0 Å². The molecular formula is C52H73N11O13S2. The van der Waals surface area contributed by atoms with Gasteiger partial charge in [-0.25, -0.2) is 4.79 Å². The van der Waals surface area contributed by atoms with E-state index in [1.54, 1.807) is 56.5 Å². The average molecular weight is 1120 g/mol. The van der Waals surface area contributed by atoms with Gasteiger partial charge in [0.2, 0.25) is 46.5 Å². The number of hydrogen-bond acceptors (Lipinski definition) is 16. The van der Waals surface area contributed by atoms with Gasteiger partial charge in [0.1, 0.15) is 41.7 Å². The van der Waals surface area contributed by atoms with Crippen molar-refractivity contribution in [1.82, 2.24) is 42.5 Å². The highest BCUT2D eigenvalue weighted by molar-refractivity contribution is 8.13. The second-order valence-electron chi connectivity index (χ2n) is 18.4. The zero-order chi connectivity index (χ0) is 57.7. The largest absolute Gasteiger partial charge is 0.508 e. The van der Waals surface area contributed by atoms with E-state index in [0.717, 1.165) is 17.3 Å². The summed E-state index contributed by atoms with van der Waals surface area (Å²) in [6, 6.07) is 13.4. The van der Waals surface area contributed by atoms with Crippen molar-refractivity contribution in [2.45, 2.75) is 102 Å². The first-order chi connectivity index (χ1) is 37.1. The summed E-state index contributed by atoms with van der Waals surface area (Å²) in [6.07, 6.45) is -0.222. The molecule has 3 rings (SSSR count). The molecule has 0 aliphatic rings. The third kappa shape index (κ3) is 24.3. The van der Waals surface area contributed by atoms with E-state index in [1.165, 1.54) is 24.3 Å². The first-order valence-electron chi connectivity index (χ1n) is 25.0. The second-order valence-corrected chi connectivity index (χ2v) is 19.9. The maximum absolute atomic E-state index is 14.3. The van der Waals surface area contributed by atoms with Gasteiger partial charge in [-0.3, -0.25) is 48.7 Å². The third-order valence-electron chi connectivity index (χ3n) is 11.6. The summed E-state index contributed by atoms with van der Waals surface area (Å²) in [4.78, 5) is 123. The molecule has 0 bridgehead atoms. The molecule has 26 heteroatoms. The van der Waals surface area contributed by atoms with Crippen LogP contribution in [-0.4, -0.2) is 155 Å². The highest BCUT2D eigenvalue weighted by Crippen LogP contribution is 2.20. The lowest BCUT2D eigenvalue weighted by Gasteiger charge is -2.26. The van der Waals surface area contributed by atoms with Gasteiger partial charge in [-0.2, -0.15) is 12.6 Å². The first-order valence-corrected chi connectivity index (χ1v) is 26.7. The molecule has 1 unspecified atom stereocenters. The zero-order valence-electron chi connectivity index (χ0n) is 44.0. The molecule has 24 nitrogen and oxygen atoms in total. The molecule has 0 saturated carbocycles. The molecule has 0 heterocycles. The number of carboxylic acid groups (broad SMARTS) is 1. The van der Waals surface area contributed by atoms with Crippen LogP contribution in [0.3, 0.4) is 0 Å². The maximum atomic E-state index is 14.3. The van der Waals surface area contributed by atoms with E-state index in [4.69, 9.17) is 16.2 Å². The lowest BCUT2D eigenvalue weighted by molar-refractivity contribution is -0.142. The Bertz CT molecular complexity index is 2490. The number of methoxy groups -OCH3 is 1. The Hall–Kier alpha value is -7.42. The highest BCUT2D eigenvalue weighted by Gasteiger charge is 2.32. The lowest BCUT2D eigenvalue weighted by atomic mass is 10.0. The van der Waals surface area contributed by atoms with Gasteiger partial charge in [-0.05, 0) is 73.1 Å². The molecule has 7 atom stereocenters. The van der Waals surface area contributed by atoms with Gasteiger partial charge >= 0.3 is 5.97 Å². The van der Waals surface area contributed by atoms with Gasteiger partial charge in [-0.15, -0.1) is 0 Å². The van der Waals surface area contributed by atoms with Gasteiger partial charge in [0.25, 0.3) is 0 Å². The minimum atomic E-state index is -1.63. The molecule has 3 aromatic carbocycles. The van der Waals surface area contributed by atoms with E-state index in [2.05, 4.69) is 60.2 Å². The summed E-state index contributed by atoms with van der Waals surface area (Å²) in [6.45, 7) is 3.22. The van der Waals surface area contributed by atoms with Crippen molar-refractivity contribution in [1.29, 1.82) is 0 Å². The monoisotopic (exact) mass is 1120 g/mol. The van der Waals surface area contributed by atoms with Crippen LogP contribution >= 0.6 is 24.4 Å². The Morgan fingerprint density at radius 2 is 1.24 bits per heavy atom. The van der Waals surface area contributed by atoms with Crippen molar-refractivity contribution in [3.8, 4) is 11.5 Å². The fourth-order valence-corrected chi connectivity index (χ4v) is 8.51. The second kappa shape index (κ2) is 34.4. The number of carbonyl (C=O) groups excluding carboxylic acids is 8. The first kappa shape index (κ1) is 64.9. The summed E-state index contributed by atoms with van der Waals surface area (Å²) in [7, 11) is 1.54. The van der Waals surface area contributed by atoms with Crippen LogP contribution in [0.2, 0.25) is 0 Å². The molecule has 0 aromatic heterocycles. The zero-order valence-corrected chi connectivity index (χ0v) is 45.7. The molecule has 0 radical (unpaired) electrons. The van der Waals surface area contributed by atoms with E-state index in [0.29, 0.717) is 22.6 Å². The fraction of sp³-hybridized carbons (Fsp3) is 0.462. The van der Waals surface area contributed by atoms with Gasteiger partial charge < -0.3 is 68.7 Å². The summed E-state index contributed by atoms with van der Waals surface area (Å²) >= 11 is 5.15. The Kier molecular flexibility index (Phi) is 28.6. The van der Waals surface area contributed by atoms with Crippen LogP contribution < -0.4 is 58.7 Å². The molecule has 15 N–H and O–H groups in total. The van der Waals surface area contributed by atoms with Crippen LogP contribution in [0, 0.1) is 5.92 Å². The van der Waals surface area contributed by atoms with E-state index in [9.17, 15) is 58.5 Å². The SMILES string of the molecule is COc1ccc(C(CS)N[C@@H](C)C(=O)NCC(=O)N[C@@H](CO)C(=O)N[C@@H](Cc2ccc(O)cc2)C(=O)N[C@@H](CCCN=C(N)N)C(=O)N[C@@H](Cc2ccccc2)C(=O)NCC(=O)SCCC(=O)N[C@@H](CC(C)C)C(=O)O)cc1. The minimum absolute atomic E-state index is 0.00523. The quantitative estimate of drug-likeness (QED) is 0.0152. The number of ether oxygens (including phenoxy) is 1. The van der Waals surface area contributed by atoms with Gasteiger partial charge in [0.05, 0.1) is 32.8 Å². The van der Waals surface area contributed by atoms with Gasteiger partial charge in [0, 0.05) is 43.4 Å². The van der Waals surface area contributed by atoms with E-state index >= 15 is 0 Å². The molecule has 7 amide bonds. The number of amides is 7. The number of thioether (sulfide) groups is 1. The van der Waals surface area contributed by atoms with E-state index in [-0.39, 0.29) is 74.5 Å².